The summed E-state index contributed by atoms with van der Waals surface area (Å²) >= 11 is 0. The molecule has 0 radical (unpaired) electrons. The monoisotopic (exact) mass is 250 g/mol. The van der Waals surface area contributed by atoms with Gasteiger partial charge in [0, 0.05) is 12.0 Å². The van der Waals surface area contributed by atoms with Gasteiger partial charge in [-0.1, -0.05) is 48.0 Å². The Labute approximate surface area is 110 Å². The second kappa shape index (κ2) is 3.35. The number of hydrogen-bond acceptors (Lipinski definition) is 2. The highest BCUT2D eigenvalue weighted by atomic mass is 16.5. The second-order valence-corrected chi connectivity index (χ2v) is 5.48. The van der Waals surface area contributed by atoms with Gasteiger partial charge in [-0.3, -0.25) is 0 Å². The van der Waals surface area contributed by atoms with E-state index in [2.05, 4.69) is 18.2 Å². The molecule has 3 aromatic rings. The van der Waals surface area contributed by atoms with Crippen LogP contribution in [0.1, 0.15) is 16.7 Å². The van der Waals surface area contributed by atoms with Crippen molar-refractivity contribution in [3.8, 4) is 0 Å². The van der Waals surface area contributed by atoms with Crippen LogP contribution in [0.4, 0.5) is 0 Å². The van der Waals surface area contributed by atoms with Gasteiger partial charge < -0.3 is 10.2 Å². The largest absolute Gasteiger partial charge is 0.362 e. The molecule has 0 heterocycles. The van der Waals surface area contributed by atoms with Crippen molar-refractivity contribution in [1.82, 2.24) is 0 Å². The van der Waals surface area contributed by atoms with Crippen molar-refractivity contribution in [3.63, 3.8) is 0 Å². The van der Waals surface area contributed by atoms with Crippen molar-refractivity contribution >= 4 is 21.5 Å². The van der Waals surface area contributed by atoms with Crippen LogP contribution in [-0.2, 0) is 12.2 Å². The lowest BCUT2D eigenvalue weighted by Crippen LogP contribution is -2.30. The fraction of sp³-hybridized carbons (Fsp3) is 0.176. The van der Waals surface area contributed by atoms with Crippen LogP contribution in [-0.4, -0.2) is 10.2 Å². The number of benzene rings is 3. The second-order valence-electron chi connectivity index (χ2n) is 5.48. The lowest BCUT2D eigenvalue weighted by molar-refractivity contribution is -0.167. The molecule has 2 heteroatoms. The summed E-state index contributed by atoms with van der Waals surface area (Å²) in [6.45, 7) is 2.04. The molecule has 0 saturated carbocycles. The molecule has 0 amide bonds. The molecule has 94 valence electrons. The van der Waals surface area contributed by atoms with Crippen molar-refractivity contribution in [3.05, 3.63) is 59.2 Å². The molecule has 0 bridgehead atoms. The molecule has 1 aliphatic rings. The van der Waals surface area contributed by atoms with Gasteiger partial charge >= 0.3 is 0 Å². The van der Waals surface area contributed by atoms with E-state index in [1.165, 1.54) is 5.39 Å². The van der Waals surface area contributed by atoms with E-state index >= 15 is 0 Å². The lowest BCUT2D eigenvalue weighted by Gasteiger charge is -2.30. The molecule has 0 aromatic heterocycles. The molecule has 19 heavy (non-hydrogen) atoms. The minimum absolute atomic E-state index is 0.251. The predicted molar refractivity (Wildman–Crippen MR) is 76.0 cm³/mol. The van der Waals surface area contributed by atoms with Crippen molar-refractivity contribution in [2.45, 2.75) is 19.1 Å². The summed E-state index contributed by atoms with van der Waals surface area (Å²) in [6, 6.07) is 14.1. The molecular formula is C17H14O2. The van der Waals surface area contributed by atoms with Crippen molar-refractivity contribution < 1.29 is 10.2 Å². The summed E-state index contributed by atoms with van der Waals surface area (Å²) in [5, 5.41) is 25.0. The van der Waals surface area contributed by atoms with Gasteiger partial charge in [0.1, 0.15) is 0 Å². The quantitative estimate of drug-likeness (QED) is 0.475. The summed E-state index contributed by atoms with van der Waals surface area (Å²) in [5.41, 5.74) is 2.79. The first kappa shape index (κ1) is 11.0. The van der Waals surface area contributed by atoms with E-state index in [1.54, 1.807) is 0 Å². The third-order valence-corrected chi connectivity index (χ3v) is 4.05. The highest BCUT2D eigenvalue weighted by Gasteiger charge is 2.33. The Kier molecular flexibility index (Phi) is 1.93. The van der Waals surface area contributed by atoms with Crippen molar-refractivity contribution in [2.75, 3.05) is 0 Å². The maximum Gasteiger partial charge on any atom is 0.194 e. The van der Waals surface area contributed by atoms with E-state index in [4.69, 9.17) is 0 Å². The third kappa shape index (κ3) is 1.38. The molecule has 4 rings (SSSR count). The first-order valence-corrected chi connectivity index (χ1v) is 6.46. The van der Waals surface area contributed by atoms with Crippen LogP contribution < -0.4 is 0 Å². The Hall–Kier alpha value is -1.90. The summed E-state index contributed by atoms with van der Waals surface area (Å²) in [7, 11) is 0. The first-order chi connectivity index (χ1) is 9.06. The van der Waals surface area contributed by atoms with Crippen LogP contribution in [0.25, 0.3) is 21.5 Å². The van der Waals surface area contributed by atoms with E-state index in [-0.39, 0.29) is 6.42 Å². The van der Waals surface area contributed by atoms with Gasteiger partial charge in [0.2, 0.25) is 0 Å². The molecule has 0 atom stereocenters. The highest BCUT2D eigenvalue weighted by molar-refractivity contribution is 6.12. The van der Waals surface area contributed by atoms with E-state index in [0.29, 0.717) is 5.56 Å². The third-order valence-electron chi connectivity index (χ3n) is 4.05. The number of hydrogen-bond donors (Lipinski definition) is 2. The van der Waals surface area contributed by atoms with Gasteiger partial charge in [0.05, 0.1) is 0 Å². The molecule has 3 aromatic carbocycles. The molecular weight excluding hydrogens is 236 g/mol. The molecule has 0 fully saturated rings. The molecule has 0 unspecified atom stereocenters. The zero-order valence-corrected chi connectivity index (χ0v) is 10.6. The molecule has 0 spiro atoms. The summed E-state index contributed by atoms with van der Waals surface area (Å²) in [4.78, 5) is 0. The Bertz CT molecular complexity index is 831. The summed E-state index contributed by atoms with van der Waals surface area (Å²) in [6.07, 6.45) is 0.251. The zero-order valence-electron chi connectivity index (χ0n) is 10.6. The van der Waals surface area contributed by atoms with E-state index < -0.39 is 5.79 Å². The fourth-order valence-electron chi connectivity index (χ4n) is 3.33. The van der Waals surface area contributed by atoms with Crippen LogP contribution >= 0.6 is 0 Å². The minimum Gasteiger partial charge on any atom is -0.362 e. The molecule has 0 saturated heterocycles. The van der Waals surface area contributed by atoms with E-state index in [1.807, 2.05) is 31.2 Å². The molecule has 2 N–H and O–H groups in total. The number of aliphatic hydroxyl groups is 2. The van der Waals surface area contributed by atoms with Gasteiger partial charge in [-0.25, -0.2) is 0 Å². The van der Waals surface area contributed by atoms with Crippen LogP contribution in [0, 0.1) is 6.92 Å². The predicted octanol–water partition coefficient (Wildman–Crippen LogP) is 2.99. The maximum atomic E-state index is 10.3. The fourth-order valence-corrected chi connectivity index (χ4v) is 3.33. The SMILES string of the molecule is Cc1cc2c3c(ccc4cccc(c43)C(O)(O)C2)c1. The van der Waals surface area contributed by atoms with Gasteiger partial charge in [-0.05, 0) is 34.0 Å². The van der Waals surface area contributed by atoms with Crippen LogP contribution in [0.15, 0.2) is 42.5 Å². The standard InChI is InChI=1S/C17H14O2/c1-10-7-12-6-5-11-3-2-4-14-16(11)15(12)13(8-10)9-17(14,18)19/h2-8,18-19H,9H2,1H3. The summed E-state index contributed by atoms with van der Waals surface area (Å²) < 4.78 is 0. The number of aryl methyl sites for hydroxylation is 1. The number of rotatable bonds is 0. The first-order valence-electron chi connectivity index (χ1n) is 6.46. The van der Waals surface area contributed by atoms with Gasteiger partial charge in [0.15, 0.2) is 5.79 Å². The molecule has 0 aliphatic heterocycles. The van der Waals surface area contributed by atoms with Gasteiger partial charge in [0.25, 0.3) is 0 Å². The van der Waals surface area contributed by atoms with E-state index in [0.717, 1.165) is 27.3 Å². The van der Waals surface area contributed by atoms with Crippen molar-refractivity contribution in [2.24, 2.45) is 0 Å². The Morgan fingerprint density at radius 2 is 1.74 bits per heavy atom. The molecule has 1 aliphatic carbocycles. The molecule has 2 nitrogen and oxygen atoms in total. The average molecular weight is 250 g/mol. The van der Waals surface area contributed by atoms with Gasteiger partial charge in [-0.15, -0.1) is 0 Å². The zero-order chi connectivity index (χ0) is 13.2. The van der Waals surface area contributed by atoms with Crippen LogP contribution in [0.5, 0.6) is 0 Å². The Balaban J connectivity index is 2.34. The van der Waals surface area contributed by atoms with Crippen LogP contribution in [0.3, 0.4) is 0 Å². The van der Waals surface area contributed by atoms with Crippen molar-refractivity contribution in [1.29, 1.82) is 0 Å². The average Bonchev–Trinajstić information content (AvgIpc) is 2.35. The normalized spacial score (nSPS) is 16.4. The Morgan fingerprint density at radius 1 is 0.947 bits per heavy atom. The van der Waals surface area contributed by atoms with Crippen LogP contribution in [0.2, 0.25) is 0 Å². The Morgan fingerprint density at radius 3 is 2.58 bits per heavy atom. The lowest BCUT2D eigenvalue weighted by atomic mass is 9.82. The van der Waals surface area contributed by atoms with Gasteiger partial charge in [-0.2, -0.15) is 0 Å². The van der Waals surface area contributed by atoms with E-state index in [9.17, 15) is 10.2 Å². The highest BCUT2D eigenvalue weighted by Crippen LogP contribution is 2.41. The summed E-state index contributed by atoms with van der Waals surface area (Å²) in [5.74, 6) is -1.77. The minimum atomic E-state index is -1.77. The smallest absolute Gasteiger partial charge is 0.194 e. The maximum absolute atomic E-state index is 10.3. The topological polar surface area (TPSA) is 40.5 Å².